The number of phenols is 2. The third-order valence-electron chi connectivity index (χ3n) is 15.3. The molecule has 1 aliphatic carbocycles. The number of ketones is 1. The maximum atomic E-state index is 14.1. The van der Waals surface area contributed by atoms with Crippen molar-refractivity contribution in [3.05, 3.63) is 85.2 Å². The first kappa shape index (κ1) is 53.0. The molecule has 0 aromatic heterocycles. The number of aliphatic hydroxyl groups is 1. The number of phenolic OH excluding ortho intramolecular Hbond substituents is 2. The number of hydrogen-bond donors (Lipinski definition) is 4. The second-order valence-electron chi connectivity index (χ2n) is 21.7. The van der Waals surface area contributed by atoms with Crippen LogP contribution in [0.5, 0.6) is 23.0 Å². The quantitative estimate of drug-likeness (QED) is 0.0931. The van der Waals surface area contributed by atoms with E-state index in [1.807, 2.05) is 60.3 Å². The molecule has 0 saturated carbocycles. The van der Waals surface area contributed by atoms with Crippen LogP contribution >= 0.6 is 0 Å². The van der Waals surface area contributed by atoms with Gasteiger partial charge in [0.25, 0.3) is 5.91 Å². The number of Topliss-reactive ketones (excluding diaryl/α,β-unsaturated/α-hetero) is 1. The van der Waals surface area contributed by atoms with Gasteiger partial charge in [0.2, 0.25) is 22.9 Å². The van der Waals surface area contributed by atoms with Gasteiger partial charge in [-0.25, -0.2) is 14.6 Å². The Labute approximate surface area is 422 Å². The SMILES string of the molecule is CCC(C)(C)C(=O)Nc1cc(N(CCOC(=O)C2(C)CCc3c(C)c(O)c(C)c(C)c3O2)CCOC(=O)C2(C)CCc3c(C)c(O)c(C)c(C)c3O2)ccc1C1=C(O)/C(=C2\C(=O)N(C(C)(C)C)N=C2C)C1=O. The van der Waals surface area contributed by atoms with Crippen LogP contribution < -0.4 is 19.7 Å². The van der Waals surface area contributed by atoms with Gasteiger partial charge in [-0.1, -0.05) is 20.8 Å². The number of carbonyl (C=O) groups is 5. The van der Waals surface area contributed by atoms with Crippen LogP contribution in [0.4, 0.5) is 11.4 Å². The molecule has 2 atom stereocenters. The van der Waals surface area contributed by atoms with E-state index in [0.29, 0.717) is 77.3 Å². The summed E-state index contributed by atoms with van der Waals surface area (Å²) in [4.78, 5) is 71.4. The normalized spacial score (nSPS) is 20.8. The third-order valence-corrected chi connectivity index (χ3v) is 15.3. The maximum Gasteiger partial charge on any atom is 0.350 e. The van der Waals surface area contributed by atoms with Gasteiger partial charge in [-0.15, -0.1) is 0 Å². The molecule has 3 aliphatic heterocycles. The Morgan fingerprint density at radius 1 is 0.736 bits per heavy atom. The zero-order valence-electron chi connectivity index (χ0n) is 44.5. The molecule has 3 aromatic rings. The Balaban J connectivity index is 1.20. The highest BCUT2D eigenvalue weighted by Gasteiger charge is 2.47. The summed E-state index contributed by atoms with van der Waals surface area (Å²) in [5.41, 5.74) is 2.66. The standard InChI is InChI=1S/C56H70N4O12/c1-16-54(12,13)50(66)57-39-27-35(17-18-38(39)41-45(63)42(46(41)64)40-34(8)58-60(49(40)65)53(9,10)11)59(23-25-69-51(67)55(14)21-19-36-32(6)43(61)28(2)30(4)47(36)71-55)24-26-70-52(68)56(15)22-20-37-33(7)44(62)29(3)31(5)48(37)72-56/h17-18,27,61-63H,16,19-26H2,1-15H3,(H,57,66)/b42-40+. The molecule has 0 fully saturated rings. The van der Waals surface area contributed by atoms with Crippen molar-refractivity contribution < 1.29 is 58.2 Å². The number of amides is 2. The Hall–Kier alpha value is -6.84. The van der Waals surface area contributed by atoms with Gasteiger partial charge in [-0.2, -0.15) is 5.10 Å². The summed E-state index contributed by atoms with van der Waals surface area (Å²) in [7, 11) is 0. The average Bonchev–Trinajstić information content (AvgIpc) is 3.63. The minimum absolute atomic E-state index is 0.00785. The number of benzene rings is 3. The van der Waals surface area contributed by atoms with E-state index in [9.17, 15) is 39.3 Å². The molecule has 2 amide bonds. The molecule has 0 bridgehead atoms. The van der Waals surface area contributed by atoms with Crippen molar-refractivity contribution in [1.29, 1.82) is 0 Å². The molecule has 4 aliphatic rings. The number of ether oxygens (including phenoxy) is 4. The predicted molar refractivity (Wildman–Crippen MR) is 274 cm³/mol. The molecular weight excluding hydrogens is 921 g/mol. The van der Waals surface area contributed by atoms with E-state index in [2.05, 4.69) is 10.4 Å². The zero-order valence-corrected chi connectivity index (χ0v) is 44.5. The largest absolute Gasteiger partial charge is 0.507 e. The summed E-state index contributed by atoms with van der Waals surface area (Å²) in [5.74, 6) is -1.53. The van der Waals surface area contributed by atoms with Gasteiger partial charge < -0.3 is 44.5 Å². The van der Waals surface area contributed by atoms with Crippen LogP contribution in [-0.4, -0.2) is 98.6 Å². The number of rotatable bonds is 13. The second kappa shape index (κ2) is 19.0. The molecular formula is C56H70N4O12. The van der Waals surface area contributed by atoms with Gasteiger partial charge in [-0.3, -0.25) is 14.4 Å². The lowest BCUT2D eigenvalue weighted by atomic mass is 9.79. The van der Waals surface area contributed by atoms with E-state index in [1.165, 1.54) is 5.01 Å². The molecule has 0 saturated heterocycles. The number of carbonyl (C=O) groups excluding carboxylic acids is 5. The van der Waals surface area contributed by atoms with Crippen LogP contribution in [0.25, 0.3) is 5.57 Å². The number of fused-ring (bicyclic) bond motifs is 2. The van der Waals surface area contributed by atoms with E-state index < -0.39 is 51.5 Å². The van der Waals surface area contributed by atoms with Gasteiger partial charge in [-0.05, 0) is 154 Å². The predicted octanol–water partition coefficient (Wildman–Crippen LogP) is 8.95. The number of anilines is 2. The molecule has 4 N–H and O–H groups in total. The van der Waals surface area contributed by atoms with E-state index in [4.69, 9.17) is 18.9 Å². The number of esters is 2. The van der Waals surface area contributed by atoms with Crippen molar-refractivity contribution >= 4 is 52.2 Å². The average molecular weight is 991 g/mol. The zero-order chi connectivity index (χ0) is 53.3. The third kappa shape index (κ3) is 9.17. The summed E-state index contributed by atoms with van der Waals surface area (Å²) in [6.45, 7) is 26.7. The highest BCUT2D eigenvalue weighted by Crippen LogP contribution is 2.47. The van der Waals surface area contributed by atoms with Crippen LogP contribution in [0.15, 0.2) is 40.2 Å². The number of nitrogens with zero attached hydrogens (tertiary/aromatic N) is 3. The van der Waals surface area contributed by atoms with E-state index >= 15 is 0 Å². The highest BCUT2D eigenvalue weighted by molar-refractivity contribution is 6.44. The van der Waals surface area contributed by atoms with Crippen molar-refractivity contribution in [2.75, 3.05) is 36.5 Å². The first-order chi connectivity index (χ1) is 33.5. The Kier molecular flexibility index (Phi) is 14.0. The fourth-order valence-electron chi connectivity index (χ4n) is 9.59. The lowest BCUT2D eigenvalue weighted by molar-refractivity contribution is -0.162. The Bertz CT molecular complexity index is 2830. The van der Waals surface area contributed by atoms with Gasteiger partial charge in [0, 0.05) is 40.6 Å². The van der Waals surface area contributed by atoms with E-state index in [1.54, 1.807) is 66.7 Å². The summed E-state index contributed by atoms with van der Waals surface area (Å²) < 4.78 is 24.7. The second-order valence-corrected chi connectivity index (χ2v) is 21.7. The van der Waals surface area contributed by atoms with Crippen molar-refractivity contribution in [1.82, 2.24) is 5.01 Å². The maximum absolute atomic E-state index is 14.1. The topological polar surface area (TPSA) is 214 Å². The van der Waals surface area contributed by atoms with Gasteiger partial charge in [0.1, 0.15) is 42.0 Å². The summed E-state index contributed by atoms with van der Waals surface area (Å²) in [6.07, 6.45) is 2.06. The smallest absolute Gasteiger partial charge is 0.350 e. The number of aromatic hydroxyl groups is 2. The Morgan fingerprint density at radius 3 is 1.65 bits per heavy atom. The first-order valence-corrected chi connectivity index (χ1v) is 24.7. The number of nitrogens with one attached hydrogen (secondary N) is 1. The number of allylic oxidation sites excluding steroid dienone is 2. The molecule has 16 nitrogen and oxygen atoms in total. The number of hydrogen-bond acceptors (Lipinski definition) is 14. The van der Waals surface area contributed by atoms with Gasteiger partial charge in [0.05, 0.1) is 46.7 Å². The first-order valence-electron chi connectivity index (χ1n) is 24.7. The molecule has 16 heteroatoms. The molecule has 7 rings (SSSR count). The molecule has 0 spiro atoms. The lowest BCUT2D eigenvalue weighted by Gasteiger charge is -2.36. The summed E-state index contributed by atoms with van der Waals surface area (Å²) in [5, 5.41) is 41.7. The van der Waals surface area contributed by atoms with Crippen LogP contribution in [0.3, 0.4) is 0 Å². The van der Waals surface area contributed by atoms with Crippen LogP contribution in [-0.2, 0) is 46.3 Å². The number of hydrazone groups is 1. The Morgan fingerprint density at radius 2 is 1.22 bits per heavy atom. The minimum Gasteiger partial charge on any atom is -0.507 e. The molecule has 2 unspecified atom stereocenters. The molecule has 0 radical (unpaired) electrons. The molecule has 72 heavy (non-hydrogen) atoms. The monoisotopic (exact) mass is 990 g/mol. The van der Waals surface area contributed by atoms with E-state index in [0.717, 1.165) is 22.3 Å². The molecule has 386 valence electrons. The van der Waals surface area contributed by atoms with Crippen LogP contribution in [0, 0.1) is 47.0 Å². The summed E-state index contributed by atoms with van der Waals surface area (Å²) in [6, 6.07) is 4.92. The van der Waals surface area contributed by atoms with Crippen molar-refractivity contribution in [3.8, 4) is 23.0 Å². The molecule has 3 heterocycles. The minimum atomic E-state index is -1.33. The lowest BCUT2D eigenvalue weighted by Crippen LogP contribution is -2.47. The van der Waals surface area contributed by atoms with Crippen LogP contribution in [0.2, 0.25) is 0 Å². The highest BCUT2D eigenvalue weighted by atomic mass is 16.6. The van der Waals surface area contributed by atoms with Gasteiger partial charge >= 0.3 is 11.9 Å². The van der Waals surface area contributed by atoms with Crippen molar-refractivity contribution in [2.45, 2.75) is 153 Å². The fraction of sp³-hybridized carbons (Fsp3) is 0.500. The number of aliphatic hydroxyl groups excluding tert-OH is 1. The fourth-order valence-corrected chi connectivity index (χ4v) is 9.59. The van der Waals surface area contributed by atoms with Crippen molar-refractivity contribution in [2.24, 2.45) is 10.5 Å². The van der Waals surface area contributed by atoms with Crippen molar-refractivity contribution in [3.63, 3.8) is 0 Å². The molecule has 3 aromatic carbocycles. The van der Waals surface area contributed by atoms with Gasteiger partial charge in [0.15, 0.2) is 0 Å². The van der Waals surface area contributed by atoms with Crippen LogP contribution in [0.1, 0.15) is 132 Å². The van der Waals surface area contributed by atoms with E-state index in [-0.39, 0.29) is 71.7 Å². The summed E-state index contributed by atoms with van der Waals surface area (Å²) >= 11 is 0.